The Labute approximate surface area is 339 Å². The average Bonchev–Trinajstić information content (AvgIpc) is 3.09. The highest BCUT2D eigenvalue weighted by atomic mass is 16.6. The Balaban J connectivity index is 2.13. The minimum atomic E-state index is -1.49. The molecule has 3 amide bonds. The molecule has 0 radical (unpaired) electrons. The second kappa shape index (κ2) is 19.3. The molecule has 1 aliphatic heterocycles. The van der Waals surface area contributed by atoms with Gasteiger partial charge in [0.1, 0.15) is 36.3 Å². The average molecular weight is 811 g/mol. The number of hydrogen-bond donors (Lipinski definition) is 4. The van der Waals surface area contributed by atoms with Gasteiger partial charge >= 0.3 is 29.9 Å². The van der Waals surface area contributed by atoms with Crippen LogP contribution in [0.2, 0.25) is 0 Å². The van der Waals surface area contributed by atoms with Crippen LogP contribution in [0.25, 0.3) is 0 Å². The summed E-state index contributed by atoms with van der Waals surface area (Å²) < 4.78 is 28.4. The van der Waals surface area contributed by atoms with Gasteiger partial charge in [-0.25, -0.2) is 4.79 Å². The van der Waals surface area contributed by atoms with Gasteiger partial charge in [-0.05, 0) is 49.3 Å². The van der Waals surface area contributed by atoms with Crippen LogP contribution in [0, 0.1) is 10.8 Å². The number of aromatic hydroxyl groups is 1. The highest BCUT2D eigenvalue weighted by Crippen LogP contribution is 2.37. The molecule has 0 spiro atoms. The Bertz CT molecular complexity index is 1840. The Morgan fingerprint density at radius 3 is 2.00 bits per heavy atom. The summed E-state index contributed by atoms with van der Waals surface area (Å²) in [6, 6.07) is 8.82. The van der Waals surface area contributed by atoms with E-state index in [0.717, 1.165) is 26.3 Å². The number of urea groups is 1. The standard InChI is InChI=1S/C42H58N4O12/c1-23(47)54-22-30-33(55-24(2)48)34(56-25(3)49)31(43-21-27-18-28(57-38(52)42(10,11)12)19-29(32(27)50)40(4,5)6)37(58-30)46-39(53)45-35(41(7,8)9)36(51)44-20-26-16-14-13-15-17-26/h13-19,21,30-31,33-35,37,50H,20,22H2,1-12H3,(H,44,51)(H2,45,46,53)/t30-,31-,33-,34-,35-,37-/m1/s1. The molecular weight excluding hydrogens is 752 g/mol. The van der Waals surface area contributed by atoms with Crippen molar-refractivity contribution in [3.8, 4) is 11.5 Å². The van der Waals surface area contributed by atoms with Crippen LogP contribution < -0.4 is 20.7 Å². The first-order valence-corrected chi connectivity index (χ1v) is 18.9. The maximum absolute atomic E-state index is 13.9. The maximum atomic E-state index is 13.9. The molecule has 2 aromatic rings. The lowest BCUT2D eigenvalue weighted by Gasteiger charge is -2.44. The molecule has 318 valence electrons. The van der Waals surface area contributed by atoms with E-state index >= 15 is 0 Å². The zero-order chi connectivity index (χ0) is 43.7. The number of nitrogens with zero attached hydrogens (tertiary/aromatic N) is 1. The molecule has 1 aliphatic rings. The van der Waals surface area contributed by atoms with E-state index in [1.165, 1.54) is 12.3 Å². The van der Waals surface area contributed by atoms with Crippen molar-refractivity contribution in [2.75, 3.05) is 6.61 Å². The molecule has 3 rings (SSSR count). The molecular formula is C42H58N4O12. The van der Waals surface area contributed by atoms with Gasteiger partial charge in [-0.3, -0.25) is 29.0 Å². The highest BCUT2D eigenvalue weighted by Gasteiger charge is 2.51. The summed E-state index contributed by atoms with van der Waals surface area (Å²) in [5, 5.41) is 19.7. The topological polar surface area (TPSA) is 217 Å². The largest absolute Gasteiger partial charge is 0.507 e. The van der Waals surface area contributed by atoms with E-state index < -0.39 is 95.3 Å². The van der Waals surface area contributed by atoms with Crippen molar-refractivity contribution in [3.63, 3.8) is 0 Å². The van der Waals surface area contributed by atoms with E-state index in [1.54, 1.807) is 47.6 Å². The number of amides is 3. The van der Waals surface area contributed by atoms with Gasteiger partial charge in [0.05, 0.1) is 5.41 Å². The summed E-state index contributed by atoms with van der Waals surface area (Å²) in [6.07, 6.45) is -4.43. The van der Waals surface area contributed by atoms with Gasteiger partial charge in [0, 0.05) is 44.7 Å². The molecule has 16 nitrogen and oxygen atoms in total. The Hall–Kier alpha value is -5.51. The Kier molecular flexibility index (Phi) is 15.6. The minimum absolute atomic E-state index is 0.0860. The van der Waals surface area contributed by atoms with Gasteiger partial charge in [0.25, 0.3) is 0 Å². The van der Waals surface area contributed by atoms with Gasteiger partial charge in [-0.1, -0.05) is 71.9 Å². The lowest BCUT2D eigenvalue weighted by Crippen LogP contribution is -2.66. The van der Waals surface area contributed by atoms with Crippen molar-refractivity contribution in [2.24, 2.45) is 15.8 Å². The number of ether oxygens (including phenoxy) is 5. The number of phenolic OH excluding ortho intramolecular Hbond substituents is 1. The van der Waals surface area contributed by atoms with Gasteiger partial charge < -0.3 is 44.7 Å². The first kappa shape index (κ1) is 46.9. The predicted octanol–water partition coefficient (Wildman–Crippen LogP) is 4.61. The summed E-state index contributed by atoms with van der Waals surface area (Å²) in [6.45, 7) is 19.1. The number of aliphatic imine (C=N–C) groups is 1. The van der Waals surface area contributed by atoms with E-state index in [1.807, 2.05) is 51.1 Å². The number of carbonyl (C=O) groups excluding carboxylic acids is 6. The molecule has 1 saturated heterocycles. The Morgan fingerprint density at radius 2 is 1.47 bits per heavy atom. The molecule has 2 aromatic carbocycles. The third-order valence-corrected chi connectivity index (χ3v) is 8.83. The zero-order valence-corrected chi connectivity index (χ0v) is 35.4. The molecule has 16 heteroatoms. The van der Waals surface area contributed by atoms with E-state index in [4.69, 9.17) is 23.7 Å². The summed E-state index contributed by atoms with van der Waals surface area (Å²) in [7, 11) is 0. The lowest BCUT2D eigenvalue weighted by atomic mass is 9.85. The van der Waals surface area contributed by atoms with Crippen molar-refractivity contribution >= 4 is 42.0 Å². The lowest BCUT2D eigenvalue weighted by molar-refractivity contribution is -0.222. The summed E-state index contributed by atoms with van der Waals surface area (Å²) in [5.41, 5.74) is -0.937. The second-order valence-corrected chi connectivity index (χ2v) is 17.2. The van der Waals surface area contributed by atoms with Crippen LogP contribution in [-0.2, 0) is 54.9 Å². The molecule has 0 aliphatic carbocycles. The third kappa shape index (κ3) is 13.6. The van der Waals surface area contributed by atoms with Crippen LogP contribution in [0.3, 0.4) is 0 Å². The van der Waals surface area contributed by atoms with Gasteiger partial charge in [-0.15, -0.1) is 0 Å². The van der Waals surface area contributed by atoms with Gasteiger partial charge in [0.2, 0.25) is 5.91 Å². The number of esters is 4. The van der Waals surface area contributed by atoms with Gasteiger partial charge in [-0.2, -0.15) is 0 Å². The van der Waals surface area contributed by atoms with E-state index in [-0.39, 0.29) is 23.6 Å². The molecule has 58 heavy (non-hydrogen) atoms. The van der Waals surface area contributed by atoms with Crippen LogP contribution in [0.15, 0.2) is 47.5 Å². The van der Waals surface area contributed by atoms with E-state index in [2.05, 4.69) is 20.9 Å². The molecule has 6 atom stereocenters. The first-order chi connectivity index (χ1) is 26.8. The Morgan fingerprint density at radius 1 is 0.862 bits per heavy atom. The molecule has 4 N–H and O–H groups in total. The van der Waals surface area contributed by atoms with Crippen molar-refractivity contribution in [1.82, 2.24) is 16.0 Å². The van der Waals surface area contributed by atoms with Crippen molar-refractivity contribution in [2.45, 2.75) is 132 Å². The number of benzene rings is 2. The SMILES string of the molecule is CC(=O)OC[C@H]1O[C@@H](NC(=O)N[C@H](C(=O)NCc2ccccc2)C(C)(C)C)[C@H](N=Cc2cc(OC(=O)C(C)(C)C)cc(C(C)(C)C)c2O)[C@@H](OC(C)=O)[C@@H]1OC(C)=O. The fourth-order valence-electron chi connectivity index (χ4n) is 5.85. The van der Waals surface area contributed by atoms with E-state index in [9.17, 15) is 33.9 Å². The first-order valence-electron chi connectivity index (χ1n) is 18.9. The van der Waals surface area contributed by atoms with Crippen LogP contribution in [0.5, 0.6) is 11.5 Å². The summed E-state index contributed by atoms with van der Waals surface area (Å²) in [5.74, 6) is -3.37. The number of nitrogens with one attached hydrogen (secondary N) is 3. The molecule has 0 saturated carbocycles. The summed E-state index contributed by atoms with van der Waals surface area (Å²) in [4.78, 5) is 81.8. The fraction of sp³-hybridized carbons (Fsp3) is 0.548. The molecule has 1 fully saturated rings. The minimum Gasteiger partial charge on any atom is -0.507 e. The number of phenols is 1. The van der Waals surface area contributed by atoms with Crippen molar-refractivity contribution in [1.29, 1.82) is 0 Å². The van der Waals surface area contributed by atoms with E-state index in [0.29, 0.717) is 5.56 Å². The second-order valence-electron chi connectivity index (χ2n) is 17.2. The quantitative estimate of drug-likeness (QED) is 0.100. The third-order valence-electron chi connectivity index (χ3n) is 8.83. The highest BCUT2D eigenvalue weighted by molar-refractivity contribution is 5.88. The maximum Gasteiger partial charge on any atom is 0.317 e. The fourth-order valence-corrected chi connectivity index (χ4v) is 5.85. The summed E-state index contributed by atoms with van der Waals surface area (Å²) >= 11 is 0. The number of rotatable bonds is 12. The molecule has 0 aromatic heterocycles. The molecule has 1 heterocycles. The predicted molar refractivity (Wildman–Crippen MR) is 213 cm³/mol. The van der Waals surface area contributed by atoms with Crippen molar-refractivity contribution in [3.05, 3.63) is 59.2 Å². The van der Waals surface area contributed by atoms with Crippen LogP contribution in [0.4, 0.5) is 4.79 Å². The molecule has 0 unspecified atom stereocenters. The van der Waals surface area contributed by atoms with Crippen LogP contribution in [-0.4, -0.2) is 90.4 Å². The smallest absolute Gasteiger partial charge is 0.317 e. The van der Waals surface area contributed by atoms with Crippen LogP contribution >= 0.6 is 0 Å². The monoisotopic (exact) mass is 810 g/mol. The zero-order valence-electron chi connectivity index (χ0n) is 35.4. The van der Waals surface area contributed by atoms with Crippen LogP contribution in [0.1, 0.15) is 99.8 Å². The molecule has 0 bridgehead atoms. The van der Waals surface area contributed by atoms with Gasteiger partial charge in [0.15, 0.2) is 18.4 Å². The van der Waals surface area contributed by atoms with Crippen molar-refractivity contribution < 1.29 is 57.6 Å². The number of hydrogen-bond acceptors (Lipinski definition) is 13. The normalized spacial score (nSPS) is 20.3. The number of carbonyl (C=O) groups is 6.